The van der Waals surface area contributed by atoms with Gasteiger partial charge in [0.05, 0.1) is 0 Å². The molecule has 0 spiro atoms. The van der Waals surface area contributed by atoms with Crippen molar-refractivity contribution in [3.8, 4) is 0 Å². The molecule has 1 atom stereocenters. The van der Waals surface area contributed by atoms with Gasteiger partial charge in [-0.05, 0) is 19.8 Å². The lowest BCUT2D eigenvalue weighted by Gasteiger charge is -2.41. The second kappa shape index (κ2) is 6.05. The summed E-state index contributed by atoms with van der Waals surface area (Å²) in [5, 5.41) is -0.378. The van der Waals surface area contributed by atoms with Gasteiger partial charge in [-0.1, -0.05) is 19.3 Å². The molecule has 2 rings (SSSR count). The molecule has 0 radical (unpaired) electrons. The highest BCUT2D eigenvalue weighted by Crippen LogP contribution is 2.23. The van der Waals surface area contributed by atoms with Crippen molar-refractivity contribution in [2.75, 3.05) is 26.2 Å². The topological polar surface area (TPSA) is 23.6 Å². The van der Waals surface area contributed by atoms with Gasteiger partial charge >= 0.3 is 0 Å². The van der Waals surface area contributed by atoms with Crippen LogP contribution in [0.15, 0.2) is 0 Å². The van der Waals surface area contributed by atoms with Gasteiger partial charge < -0.3 is 4.90 Å². The monoisotopic (exact) mass is 258 g/mol. The third kappa shape index (κ3) is 3.35. The van der Waals surface area contributed by atoms with Gasteiger partial charge in [0.15, 0.2) is 0 Å². The number of hydrogen-bond donors (Lipinski definition) is 0. The molecule has 17 heavy (non-hydrogen) atoms. The Balaban J connectivity index is 1.79. The number of halogens is 1. The summed E-state index contributed by atoms with van der Waals surface area (Å²) in [5.74, 6) is 0.0926. The fraction of sp³-hybridized carbons (Fsp3) is 0.923. The minimum absolute atomic E-state index is 0.0926. The summed E-state index contributed by atoms with van der Waals surface area (Å²) in [6, 6.07) is 0.773. The van der Waals surface area contributed by atoms with Crippen LogP contribution in [0.1, 0.15) is 39.0 Å². The first-order valence-electron chi connectivity index (χ1n) is 6.85. The summed E-state index contributed by atoms with van der Waals surface area (Å²) in [6.45, 7) is 5.52. The van der Waals surface area contributed by atoms with E-state index >= 15 is 0 Å². The lowest BCUT2D eigenvalue weighted by atomic mass is 9.94. The van der Waals surface area contributed by atoms with Gasteiger partial charge in [-0.15, -0.1) is 11.6 Å². The maximum atomic E-state index is 11.8. The molecule has 98 valence electrons. The Hall–Kier alpha value is -0.280. The van der Waals surface area contributed by atoms with E-state index in [0.717, 1.165) is 32.2 Å². The van der Waals surface area contributed by atoms with Gasteiger partial charge in [0.1, 0.15) is 5.38 Å². The smallest absolute Gasteiger partial charge is 0.240 e. The van der Waals surface area contributed by atoms with Gasteiger partial charge in [-0.25, -0.2) is 0 Å². The van der Waals surface area contributed by atoms with Crippen molar-refractivity contribution in [3.63, 3.8) is 0 Å². The third-order valence-electron chi connectivity index (χ3n) is 4.06. The Labute approximate surface area is 109 Å². The van der Waals surface area contributed by atoms with Crippen LogP contribution in [0.2, 0.25) is 0 Å². The predicted molar refractivity (Wildman–Crippen MR) is 70.3 cm³/mol. The van der Waals surface area contributed by atoms with Crippen LogP contribution in [0.25, 0.3) is 0 Å². The minimum atomic E-state index is -0.378. The number of carbonyl (C=O) groups excluding carboxylic acids is 1. The molecule has 0 N–H and O–H groups in total. The van der Waals surface area contributed by atoms with Crippen molar-refractivity contribution in [1.29, 1.82) is 0 Å². The van der Waals surface area contributed by atoms with Crippen molar-refractivity contribution in [2.45, 2.75) is 50.4 Å². The lowest BCUT2D eigenvalue weighted by molar-refractivity contribution is -0.132. The van der Waals surface area contributed by atoms with E-state index in [-0.39, 0.29) is 11.3 Å². The Morgan fingerprint density at radius 3 is 2.24 bits per heavy atom. The van der Waals surface area contributed by atoms with Crippen molar-refractivity contribution in [3.05, 3.63) is 0 Å². The van der Waals surface area contributed by atoms with Gasteiger partial charge in [-0.2, -0.15) is 0 Å². The van der Waals surface area contributed by atoms with E-state index in [1.54, 1.807) is 6.92 Å². The van der Waals surface area contributed by atoms with Gasteiger partial charge in [0, 0.05) is 32.2 Å². The van der Waals surface area contributed by atoms with E-state index in [1.807, 2.05) is 4.90 Å². The molecule has 1 aliphatic carbocycles. The molecular formula is C13H23ClN2O. The largest absolute Gasteiger partial charge is 0.339 e. The highest BCUT2D eigenvalue weighted by molar-refractivity contribution is 6.30. The molecule has 1 saturated carbocycles. The van der Waals surface area contributed by atoms with Crippen LogP contribution in [0.4, 0.5) is 0 Å². The second-order valence-electron chi connectivity index (χ2n) is 5.27. The molecule has 0 aromatic rings. The maximum Gasteiger partial charge on any atom is 0.240 e. The molecule has 0 aromatic carbocycles. The van der Waals surface area contributed by atoms with Crippen LogP contribution in [-0.4, -0.2) is 53.3 Å². The van der Waals surface area contributed by atoms with Crippen LogP contribution < -0.4 is 0 Å². The normalized spacial score (nSPS) is 25.9. The first-order valence-corrected chi connectivity index (χ1v) is 7.29. The number of alkyl halides is 1. The molecule has 2 aliphatic rings. The molecule has 4 heteroatoms. The summed E-state index contributed by atoms with van der Waals surface area (Å²) in [6.07, 6.45) is 6.85. The Kier molecular flexibility index (Phi) is 4.69. The molecule has 1 aliphatic heterocycles. The zero-order valence-electron chi connectivity index (χ0n) is 10.7. The SMILES string of the molecule is C[C@@H](Cl)C(=O)N1CCN(C2CCCCC2)CC1. The number of hydrogen-bond acceptors (Lipinski definition) is 2. The molecule has 0 aromatic heterocycles. The van der Waals surface area contributed by atoms with Crippen LogP contribution in [0.5, 0.6) is 0 Å². The van der Waals surface area contributed by atoms with E-state index in [4.69, 9.17) is 11.6 Å². The summed E-state index contributed by atoms with van der Waals surface area (Å²) in [4.78, 5) is 16.2. The third-order valence-corrected chi connectivity index (χ3v) is 4.24. The van der Waals surface area contributed by atoms with Crippen molar-refractivity contribution in [2.24, 2.45) is 0 Å². The average molecular weight is 259 g/mol. The van der Waals surface area contributed by atoms with Crippen LogP contribution in [0, 0.1) is 0 Å². The fourth-order valence-corrected chi connectivity index (χ4v) is 3.14. The number of amides is 1. The van der Waals surface area contributed by atoms with Crippen molar-refractivity contribution in [1.82, 2.24) is 9.80 Å². The number of rotatable bonds is 2. The zero-order valence-corrected chi connectivity index (χ0v) is 11.5. The summed E-state index contributed by atoms with van der Waals surface area (Å²) >= 11 is 5.84. The first-order chi connectivity index (χ1) is 8.18. The second-order valence-corrected chi connectivity index (χ2v) is 5.92. The zero-order chi connectivity index (χ0) is 12.3. The van der Waals surface area contributed by atoms with Crippen LogP contribution in [0.3, 0.4) is 0 Å². The quantitative estimate of drug-likeness (QED) is 0.708. The number of piperazine rings is 1. The van der Waals surface area contributed by atoms with Gasteiger partial charge in [-0.3, -0.25) is 9.69 Å². The predicted octanol–water partition coefficient (Wildman–Crippen LogP) is 2.09. The van der Waals surface area contributed by atoms with Gasteiger partial charge in [0.2, 0.25) is 5.91 Å². The standard InChI is InChI=1S/C13H23ClN2O/c1-11(14)13(17)16-9-7-15(8-10-16)12-5-3-2-4-6-12/h11-12H,2-10H2,1H3/t11-/m1/s1. The molecule has 0 unspecified atom stereocenters. The average Bonchev–Trinajstić information content (AvgIpc) is 2.39. The molecule has 1 amide bonds. The number of nitrogens with zero attached hydrogens (tertiary/aromatic N) is 2. The number of carbonyl (C=O) groups is 1. The van der Waals surface area contributed by atoms with E-state index < -0.39 is 0 Å². The van der Waals surface area contributed by atoms with E-state index in [0.29, 0.717) is 0 Å². The van der Waals surface area contributed by atoms with Crippen LogP contribution in [-0.2, 0) is 4.79 Å². The van der Waals surface area contributed by atoms with E-state index in [1.165, 1.54) is 32.1 Å². The van der Waals surface area contributed by atoms with Gasteiger partial charge in [0.25, 0.3) is 0 Å². The Bertz CT molecular complexity index is 256. The summed E-state index contributed by atoms with van der Waals surface area (Å²) < 4.78 is 0. The van der Waals surface area contributed by atoms with E-state index in [9.17, 15) is 4.79 Å². The summed E-state index contributed by atoms with van der Waals surface area (Å²) in [7, 11) is 0. The van der Waals surface area contributed by atoms with E-state index in [2.05, 4.69) is 4.90 Å². The highest BCUT2D eigenvalue weighted by Gasteiger charge is 2.28. The summed E-state index contributed by atoms with van der Waals surface area (Å²) in [5.41, 5.74) is 0. The maximum absolute atomic E-state index is 11.8. The molecule has 0 bridgehead atoms. The van der Waals surface area contributed by atoms with Crippen molar-refractivity contribution >= 4 is 17.5 Å². The lowest BCUT2D eigenvalue weighted by Crippen LogP contribution is -2.53. The molecule has 1 saturated heterocycles. The Morgan fingerprint density at radius 2 is 1.71 bits per heavy atom. The van der Waals surface area contributed by atoms with Crippen LogP contribution >= 0.6 is 11.6 Å². The highest BCUT2D eigenvalue weighted by atomic mass is 35.5. The molecule has 1 heterocycles. The molecule has 2 fully saturated rings. The van der Waals surface area contributed by atoms with Crippen molar-refractivity contribution < 1.29 is 4.79 Å². The first kappa shape index (κ1) is 13.2. The minimum Gasteiger partial charge on any atom is -0.339 e. The molecule has 3 nitrogen and oxygen atoms in total. The molecular weight excluding hydrogens is 236 g/mol. The Morgan fingerprint density at radius 1 is 1.12 bits per heavy atom. The fourth-order valence-electron chi connectivity index (χ4n) is 3.01.